The molecule has 0 radical (unpaired) electrons. The fraction of sp³-hybridized carbons (Fsp3) is 0.429. The third-order valence-electron chi connectivity index (χ3n) is 5.95. The Labute approximate surface area is 190 Å². The highest BCUT2D eigenvalue weighted by Crippen LogP contribution is 2.36. The van der Waals surface area contributed by atoms with Crippen molar-refractivity contribution in [3.8, 4) is 11.5 Å². The lowest BCUT2D eigenvalue weighted by atomic mass is 10.1. The summed E-state index contributed by atoms with van der Waals surface area (Å²) < 4.78 is 38.2. The maximum absolute atomic E-state index is 13.1. The summed E-state index contributed by atoms with van der Waals surface area (Å²) in [5.74, 6) is 0.579. The van der Waals surface area contributed by atoms with E-state index < -0.39 is 15.9 Å². The number of amides is 2. The van der Waals surface area contributed by atoms with Gasteiger partial charge in [-0.3, -0.25) is 9.59 Å². The van der Waals surface area contributed by atoms with Crippen LogP contribution in [0.5, 0.6) is 11.5 Å². The van der Waals surface area contributed by atoms with Crippen LogP contribution >= 0.6 is 11.3 Å². The Hall–Kier alpha value is -2.63. The second-order valence-electron chi connectivity index (χ2n) is 7.89. The molecule has 11 heteroatoms. The number of benzene rings is 1. The average molecular weight is 478 g/mol. The number of fused-ring (bicyclic) bond motifs is 1. The molecule has 0 bridgehead atoms. The van der Waals surface area contributed by atoms with E-state index in [4.69, 9.17) is 9.47 Å². The monoisotopic (exact) mass is 477 g/mol. The van der Waals surface area contributed by atoms with Crippen LogP contribution in [-0.2, 0) is 19.6 Å². The number of hydrogen-bond donors (Lipinski definition) is 0. The summed E-state index contributed by atoms with van der Waals surface area (Å²) in [5.41, 5.74) is 0.682. The Morgan fingerprint density at radius 1 is 1.03 bits per heavy atom. The first-order valence-electron chi connectivity index (χ1n) is 10.5. The van der Waals surface area contributed by atoms with Crippen molar-refractivity contribution in [1.82, 2.24) is 9.21 Å². The Morgan fingerprint density at radius 2 is 1.78 bits per heavy atom. The van der Waals surface area contributed by atoms with Crippen LogP contribution < -0.4 is 14.4 Å². The van der Waals surface area contributed by atoms with Gasteiger partial charge in [0.25, 0.3) is 10.0 Å². The van der Waals surface area contributed by atoms with E-state index in [1.54, 1.807) is 45.5 Å². The normalized spacial score (nSPS) is 21.8. The fourth-order valence-corrected chi connectivity index (χ4v) is 6.83. The molecule has 2 aromatic rings. The van der Waals surface area contributed by atoms with Gasteiger partial charge in [-0.15, -0.1) is 11.3 Å². The van der Waals surface area contributed by atoms with Gasteiger partial charge in [-0.25, -0.2) is 8.42 Å². The van der Waals surface area contributed by atoms with Crippen molar-refractivity contribution in [2.75, 3.05) is 50.8 Å². The zero-order valence-corrected chi connectivity index (χ0v) is 18.9. The Bertz CT molecular complexity index is 1130. The summed E-state index contributed by atoms with van der Waals surface area (Å²) in [6.45, 7) is 2.38. The smallest absolute Gasteiger partial charge is 0.252 e. The molecule has 1 aromatic carbocycles. The molecule has 2 amide bonds. The molecule has 9 nitrogen and oxygen atoms in total. The third kappa shape index (κ3) is 3.84. The molecular weight excluding hydrogens is 454 g/mol. The topological polar surface area (TPSA) is 96.5 Å². The number of anilines is 1. The van der Waals surface area contributed by atoms with Crippen LogP contribution in [0.2, 0.25) is 0 Å². The van der Waals surface area contributed by atoms with E-state index in [0.29, 0.717) is 54.2 Å². The predicted molar refractivity (Wildman–Crippen MR) is 118 cm³/mol. The van der Waals surface area contributed by atoms with E-state index in [2.05, 4.69) is 0 Å². The third-order valence-corrected chi connectivity index (χ3v) is 9.22. The molecule has 0 saturated carbocycles. The number of sulfonamides is 1. The Morgan fingerprint density at radius 3 is 2.50 bits per heavy atom. The van der Waals surface area contributed by atoms with Gasteiger partial charge in [-0.2, -0.15) is 4.31 Å². The first-order chi connectivity index (χ1) is 15.4. The maximum Gasteiger partial charge on any atom is 0.252 e. The SMILES string of the molecule is O=C(C1CC(=O)N(c2ccc3c(c2)OCCO3)C1)N1CCN(S(=O)(=O)c2cccs2)CC1. The van der Waals surface area contributed by atoms with Gasteiger partial charge in [0.1, 0.15) is 17.4 Å². The molecule has 1 aromatic heterocycles. The molecule has 3 aliphatic rings. The van der Waals surface area contributed by atoms with Gasteiger partial charge in [-0.1, -0.05) is 6.07 Å². The highest BCUT2D eigenvalue weighted by molar-refractivity contribution is 7.91. The lowest BCUT2D eigenvalue weighted by Gasteiger charge is -2.35. The van der Waals surface area contributed by atoms with Gasteiger partial charge < -0.3 is 19.3 Å². The van der Waals surface area contributed by atoms with E-state index >= 15 is 0 Å². The standard InChI is InChI=1S/C21H23N3O6S2/c25-19-12-15(14-24(19)16-3-4-17-18(13-16)30-10-9-29-17)21(26)22-5-7-23(8-6-22)32(27,28)20-2-1-11-31-20/h1-4,11,13,15H,5-10,12,14H2. The fourth-order valence-electron chi connectivity index (χ4n) is 4.27. The number of piperazine rings is 1. The van der Waals surface area contributed by atoms with E-state index in [9.17, 15) is 18.0 Å². The Kier molecular flexibility index (Phi) is 5.56. The lowest BCUT2D eigenvalue weighted by molar-refractivity contribution is -0.136. The highest BCUT2D eigenvalue weighted by atomic mass is 32.2. The number of carbonyl (C=O) groups is 2. The zero-order chi connectivity index (χ0) is 22.3. The van der Waals surface area contributed by atoms with Crippen molar-refractivity contribution >= 4 is 38.9 Å². The van der Waals surface area contributed by atoms with Crippen LogP contribution in [0.1, 0.15) is 6.42 Å². The molecule has 3 aliphatic heterocycles. The second-order valence-corrected chi connectivity index (χ2v) is 11.0. The van der Waals surface area contributed by atoms with E-state index in [-0.39, 0.29) is 31.3 Å². The molecule has 4 heterocycles. The molecule has 1 atom stereocenters. The van der Waals surface area contributed by atoms with Crippen molar-refractivity contribution < 1.29 is 27.5 Å². The number of ether oxygens (including phenoxy) is 2. The minimum atomic E-state index is -3.52. The van der Waals surface area contributed by atoms with Crippen molar-refractivity contribution in [1.29, 1.82) is 0 Å². The summed E-state index contributed by atoms with van der Waals surface area (Å²) in [4.78, 5) is 29.0. The first-order valence-corrected chi connectivity index (χ1v) is 12.8. The summed E-state index contributed by atoms with van der Waals surface area (Å²) in [7, 11) is -3.52. The van der Waals surface area contributed by atoms with Crippen molar-refractivity contribution in [3.05, 3.63) is 35.7 Å². The number of hydrogen-bond acceptors (Lipinski definition) is 7. The van der Waals surface area contributed by atoms with Gasteiger partial charge in [-0.05, 0) is 23.6 Å². The number of rotatable bonds is 4. The van der Waals surface area contributed by atoms with Crippen LogP contribution in [0.3, 0.4) is 0 Å². The molecule has 0 N–H and O–H groups in total. The summed E-state index contributed by atoms with van der Waals surface area (Å²) >= 11 is 1.19. The predicted octanol–water partition coefficient (Wildman–Crippen LogP) is 1.41. The molecule has 32 heavy (non-hydrogen) atoms. The lowest BCUT2D eigenvalue weighted by Crippen LogP contribution is -2.52. The molecule has 0 aliphatic carbocycles. The molecule has 1 unspecified atom stereocenters. The zero-order valence-electron chi connectivity index (χ0n) is 17.3. The molecule has 2 fully saturated rings. The van der Waals surface area contributed by atoms with Gasteiger partial charge in [0.15, 0.2) is 11.5 Å². The minimum Gasteiger partial charge on any atom is -0.486 e. The van der Waals surface area contributed by atoms with Crippen molar-refractivity contribution in [3.63, 3.8) is 0 Å². The molecule has 5 rings (SSSR count). The average Bonchev–Trinajstić information content (AvgIpc) is 3.49. The van der Waals surface area contributed by atoms with Crippen molar-refractivity contribution in [2.24, 2.45) is 5.92 Å². The van der Waals surface area contributed by atoms with Crippen LogP contribution in [0.4, 0.5) is 5.69 Å². The Balaban J connectivity index is 1.22. The van der Waals surface area contributed by atoms with E-state index in [1.807, 2.05) is 0 Å². The van der Waals surface area contributed by atoms with Crippen LogP contribution in [0.25, 0.3) is 0 Å². The number of carbonyl (C=O) groups excluding carboxylic acids is 2. The molecule has 170 valence electrons. The molecular formula is C21H23N3O6S2. The summed E-state index contributed by atoms with van der Waals surface area (Å²) in [6.07, 6.45) is 0.140. The highest BCUT2D eigenvalue weighted by Gasteiger charge is 2.39. The number of thiophene rings is 1. The summed E-state index contributed by atoms with van der Waals surface area (Å²) in [5, 5.41) is 1.73. The van der Waals surface area contributed by atoms with Gasteiger partial charge >= 0.3 is 0 Å². The quantitative estimate of drug-likeness (QED) is 0.661. The van der Waals surface area contributed by atoms with Gasteiger partial charge in [0.2, 0.25) is 11.8 Å². The maximum atomic E-state index is 13.1. The first kappa shape index (κ1) is 21.2. The molecule has 0 spiro atoms. The van der Waals surface area contributed by atoms with E-state index in [1.165, 1.54) is 15.6 Å². The van der Waals surface area contributed by atoms with Crippen molar-refractivity contribution in [2.45, 2.75) is 10.6 Å². The van der Waals surface area contributed by atoms with Gasteiger partial charge in [0.05, 0.1) is 5.92 Å². The second kappa shape index (κ2) is 8.38. The van der Waals surface area contributed by atoms with Crippen LogP contribution in [-0.4, -0.2) is 75.4 Å². The van der Waals surface area contributed by atoms with Crippen LogP contribution in [0.15, 0.2) is 39.9 Å². The minimum absolute atomic E-state index is 0.105. The van der Waals surface area contributed by atoms with E-state index in [0.717, 1.165) is 0 Å². The molecule has 2 saturated heterocycles. The van der Waals surface area contributed by atoms with Crippen LogP contribution in [0, 0.1) is 5.92 Å². The largest absolute Gasteiger partial charge is 0.486 e. The number of nitrogens with zero attached hydrogens (tertiary/aromatic N) is 3. The summed E-state index contributed by atoms with van der Waals surface area (Å²) in [6, 6.07) is 8.65. The van der Waals surface area contributed by atoms with Gasteiger partial charge in [0, 0.05) is 50.9 Å².